The number of hydrogen-bond acceptors (Lipinski definition) is 26. The van der Waals surface area contributed by atoms with Gasteiger partial charge < -0.3 is 31.5 Å². The lowest BCUT2D eigenvalue weighted by atomic mass is 10.1. The molecule has 0 fully saturated rings. The molecule has 0 saturated heterocycles. The summed E-state index contributed by atoms with van der Waals surface area (Å²) >= 11 is 0. The van der Waals surface area contributed by atoms with E-state index in [0.29, 0.717) is 0 Å². The number of rotatable bonds is 20. The Morgan fingerprint density at radius 2 is 0.787 bits per heavy atom. The molecule has 38 heteroatoms. The molecule has 0 atom stereocenters. The molecule has 0 unspecified atom stereocenters. The van der Waals surface area contributed by atoms with Crippen molar-refractivity contribution in [2.45, 2.75) is 62.1 Å². The zero-order chi connectivity index (χ0) is 58.8. The number of halogens is 2. The van der Waals surface area contributed by atoms with Crippen LogP contribution < -0.4 is 32.4 Å². The fourth-order valence-corrected chi connectivity index (χ4v) is 9.93. The normalized spacial score (nSPS) is 12.3. The average Bonchev–Trinajstić information content (AvgIpc) is 3.36. The first-order valence-electron chi connectivity index (χ1n) is 22.2. The molecule has 7 aromatic rings. The Morgan fingerprint density at radius 3 is 1.07 bits per heavy atom. The molecule has 0 aliphatic heterocycles. The Balaban J connectivity index is 1.09. The molecule has 3 aromatic carbocycles. The zero-order valence-corrected chi connectivity index (χ0v) is 44.4. The van der Waals surface area contributed by atoms with Crippen LogP contribution in [-0.2, 0) is 65.1 Å². The highest BCUT2D eigenvalue weighted by atomic mass is 32.2. The monoisotopic (exact) mass is 1190 g/mol. The van der Waals surface area contributed by atoms with Gasteiger partial charge in [0.15, 0.2) is 0 Å². The summed E-state index contributed by atoms with van der Waals surface area (Å²) in [6.07, 6.45) is -2.62. The van der Waals surface area contributed by atoms with Gasteiger partial charge in [-0.25, -0.2) is 0 Å². The van der Waals surface area contributed by atoms with Crippen LogP contribution in [0.1, 0.15) is 36.1 Å². The van der Waals surface area contributed by atoms with Crippen LogP contribution in [0.15, 0.2) is 101 Å². The lowest BCUT2D eigenvalue weighted by Crippen LogP contribution is -2.26. The van der Waals surface area contributed by atoms with E-state index in [-0.39, 0.29) is 58.9 Å². The van der Waals surface area contributed by atoms with Gasteiger partial charge in [0, 0.05) is 47.0 Å². The van der Waals surface area contributed by atoms with Crippen molar-refractivity contribution < 1.29 is 70.9 Å². The number of anilines is 8. The van der Waals surface area contributed by atoms with Crippen molar-refractivity contribution in [3.8, 4) is 11.8 Å². The molecule has 10 N–H and O–H groups in total. The number of hydrogen-bond donors (Lipinski definition) is 10. The van der Waals surface area contributed by atoms with Gasteiger partial charge in [0.05, 0.1) is 0 Å². The van der Waals surface area contributed by atoms with E-state index in [1.54, 1.807) is 0 Å². The number of aromatic nitrogens is 8. The number of aromatic hydroxyl groups is 2. The fourth-order valence-electron chi connectivity index (χ4n) is 7.31. The van der Waals surface area contributed by atoms with Crippen LogP contribution in [0.5, 0.6) is 11.8 Å². The predicted octanol–water partition coefficient (Wildman–Crippen LogP) is 5.80. The largest absolute Gasteiger partial charge is 0.493 e. The van der Waals surface area contributed by atoms with Crippen molar-refractivity contribution in [3.05, 3.63) is 116 Å². The Bertz CT molecular complexity index is 4030. The Kier molecular flexibility index (Phi) is 16.8. The Morgan fingerprint density at radius 1 is 0.487 bits per heavy atom. The summed E-state index contributed by atoms with van der Waals surface area (Å²) in [6, 6.07) is 11.6. The lowest BCUT2D eigenvalue weighted by Gasteiger charge is -2.14. The van der Waals surface area contributed by atoms with Gasteiger partial charge >= 0.3 is 12.2 Å². The van der Waals surface area contributed by atoms with E-state index in [1.807, 2.05) is 0 Å². The number of nitrogens with zero attached hydrogens (tertiary/aromatic N) is 12. The number of benzene rings is 3. The highest BCUT2D eigenvalue weighted by Gasteiger charge is 2.26. The van der Waals surface area contributed by atoms with Crippen molar-refractivity contribution in [1.29, 1.82) is 0 Å². The van der Waals surface area contributed by atoms with Crippen molar-refractivity contribution in [1.82, 2.24) is 39.0 Å². The third-order valence-electron chi connectivity index (χ3n) is 11.0. The molecule has 0 aliphatic rings. The second-order valence-corrected chi connectivity index (χ2v) is 22.1. The molecule has 0 amide bonds. The Labute approximate surface area is 449 Å². The average molecular weight is 1190 g/mol. The topological polar surface area (TPSA) is 477 Å². The van der Waals surface area contributed by atoms with Crippen molar-refractivity contribution in [2.24, 2.45) is 20.5 Å². The molecule has 4 heterocycles. The van der Waals surface area contributed by atoms with E-state index in [4.69, 9.17) is 0 Å². The molecule has 0 bridgehead atoms. The maximum Gasteiger partial charge on any atom is 0.315 e. The van der Waals surface area contributed by atoms with Gasteiger partial charge in [0.1, 0.15) is 44.0 Å². The minimum Gasteiger partial charge on any atom is -0.493 e. The molecule has 422 valence electrons. The van der Waals surface area contributed by atoms with Gasteiger partial charge in [-0.1, -0.05) is 0 Å². The van der Waals surface area contributed by atoms with Crippen molar-refractivity contribution in [3.63, 3.8) is 0 Å². The minimum absolute atomic E-state index is 0.0791. The zero-order valence-electron chi connectivity index (χ0n) is 41.1. The van der Waals surface area contributed by atoms with Crippen LogP contribution >= 0.6 is 0 Å². The third kappa shape index (κ3) is 14.0. The van der Waals surface area contributed by atoms with Crippen molar-refractivity contribution in [2.75, 3.05) is 21.3 Å². The first kappa shape index (κ1) is 58.8. The van der Waals surface area contributed by atoms with Crippen molar-refractivity contribution >= 4 is 110 Å². The number of nitrogens with one attached hydrogen (secondary N) is 4. The Hall–Kier alpha value is -8.92. The van der Waals surface area contributed by atoms with E-state index in [1.165, 1.54) is 52.0 Å². The quantitative estimate of drug-likeness (QED) is 0.0318. The summed E-state index contributed by atoms with van der Waals surface area (Å²) in [4.78, 5) is 46.7. The SMILES string of the molecule is CCn1c(O)c(N=Nc2cc(Nc3nc(F)nc(Nc4ccc(Nc5nc(F)nc(Nc6ccc(S(=O)(=O)O)c(N=Nc7c(C)c(CS(=O)(=O)O)c(=O)n(CC)c7O)c6)n5)cc4)n3)ccc2S(=O)(=O)O)c(C)c(CS(=O)(=O)O)c1=O. The van der Waals surface area contributed by atoms with Crippen LogP contribution in [0.2, 0.25) is 0 Å². The van der Waals surface area contributed by atoms with Gasteiger partial charge in [-0.15, -0.1) is 20.5 Å². The van der Waals surface area contributed by atoms with E-state index >= 15 is 0 Å². The highest BCUT2D eigenvalue weighted by molar-refractivity contribution is 7.86. The molecule has 0 radical (unpaired) electrons. The first-order chi connectivity index (χ1) is 37.3. The lowest BCUT2D eigenvalue weighted by molar-refractivity contribution is 0.410. The maximum absolute atomic E-state index is 14.8. The summed E-state index contributed by atoms with van der Waals surface area (Å²) in [6.45, 7) is 4.85. The second kappa shape index (κ2) is 22.8. The highest BCUT2D eigenvalue weighted by Crippen LogP contribution is 2.38. The fraction of sp³-hybridized carbons (Fsp3) is 0.190. The van der Waals surface area contributed by atoms with Crippen LogP contribution in [-0.4, -0.2) is 101 Å². The maximum atomic E-state index is 14.8. The molecule has 7 rings (SSSR count). The molecular formula is C42H40F2N16O16S4. The summed E-state index contributed by atoms with van der Waals surface area (Å²) in [7, 11) is -19.6. The number of pyridine rings is 2. The summed E-state index contributed by atoms with van der Waals surface area (Å²) < 4.78 is 166. The first-order valence-corrected chi connectivity index (χ1v) is 28.3. The molecule has 0 spiro atoms. The summed E-state index contributed by atoms with van der Waals surface area (Å²) in [5.41, 5.74) is -5.21. The predicted molar refractivity (Wildman–Crippen MR) is 276 cm³/mol. The van der Waals surface area contributed by atoms with Crippen LogP contribution in [0, 0.1) is 26.0 Å². The van der Waals surface area contributed by atoms with Crippen LogP contribution in [0.3, 0.4) is 0 Å². The van der Waals surface area contributed by atoms with E-state index in [0.717, 1.165) is 45.5 Å². The van der Waals surface area contributed by atoms with E-state index in [9.17, 15) is 80.5 Å². The molecule has 0 aliphatic carbocycles. The molecule has 0 saturated carbocycles. The molecule has 80 heavy (non-hydrogen) atoms. The van der Waals surface area contributed by atoms with Gasteiger partial charge in [-0.2, -0.15) is 72.4 Å². The van der Waals surface area contributed by atoms with Gasteiger partial charge in [0.25, 0.3) is 51.6 Å². The van der Waals surface area contributed by atoms with Crippen LogP contribution in [0.4, 0.5) is 78.1 Å². The number of azo groups is 2. The second-order valence-electron chi connectivity index (χ2n) is 16.4. The van der Waals surface area contributed by atoms with E-state index < -0.39 is 143 Å². The van der Waals surface area contributed by atoms with E-state index in [2.05, 4.69) is 71.6 Å². The molecule has 32 nitrogen and oxygen atoms in total. The standard InChI is InChI=1S/C42H40F2N16O16S4/c1-5-59-33(61)25(17-77(65,66)67)19(3)31(35(59)63)57-55-27-15-23(11-13-29(27)79(71,72)73)47-41-51-37(43)49-39(53-41)45-21-7-9-22(10-8-21)46-40-50-38(44)52-42(54-40)48-24-12-14-30(80(74,75)76)28(16-24)56-58-32-20(4)26(18-78(68,69)70)34(62)60(6-2)36(32)64/h7-16,63-64H,5-6,17-18H2,1-4H3,(H,65,66,67)(H,68,69,70)(H,71,72,73)(H,74,75,76)(H2,45,47,49,51,53)(H2,46,48,50,52,54). The van der Waals surface area contributed by atoms with Gasteiger partial charge in [0.2, 0.25) is 35.6 Å². The molecule has 4 aromatic heterocycles. The van der Waals surface area contributed by atoms with Crippen LogP contribution in [0.25, 0.3) is 0 Å². The summed E-state index contributed by atoms with van der Waals surface area (Å²) in [5.74, 6) is -5.58. The smallest absolute Gasteiger partial charge is 0.315 e. The summed E-state index contributed by atoms with van der Waals surface area (Å²) in [5, 5.41) is 47.7. The minimum atomic E-state index is -5.02. The van der Waals surface area contributed by atoms with Gasteiger partial charge in [-0.3, -0.25) is 36.9 Å². The molecular weight excluding hydrogens is 1150 g/mol. The van der Waals surface area contributed by atoms with Gasteiger partial charge in [-0.05, 0) is 99.5 Å². The third-order valence-corrected chi connectivity index (χ3v) is 14.1.